The van der Waals surface area contributed by atoms with Crippen molar-refractivity contribution in [2.45, 2.75) is 32.8 Å². The highest BCUT2D eigenvalue weighted by atomic mass is 32.2. The maximum Gasteiger partial charge on any atom is 0.150 e. The van der Waals surface area contributed by atoms with Gasteiger partial charge in [-0.15, -0.1) is 0 Å². The van der Waals surface area contributed by atoms with Gasteiger partial charge >= 0.3 is 0 Å². The smallest absolute Gasteiger partial charge is 0.150 e. The van der Waals surface area contributed by atoms with Gasteiger partial charge in [0.1, 0.15) is 9.84 Å². The second-order valence-corrected chi connectivity index (χ2v) is 6.79. The molecule has 0 aromatic carbocycles. The van der Waals surface area contributed by atoms with Gasteiger partial charge in [0, 0.05) is 24.3 Å². The van der Waals surface area contributed by atoms with E-state index in [2.05, 4.69) is 0 Å². The van der Waals surface area contributed by atoms with Gasteiger partial charge in [0.05, 0.1) is 11.9 Å². The standard InChI is InChI=1S/C10H21NO3S/c1-3-15(12,13)7-5-10(8-11)4-6-14-9(10)2/h9H,3-8,11H2,1-2H3. The summed E-state index contributed by atoms with van der Waals surface area (Å²) in [6.07, 6.45) is 1.58. The van der Waals surface area contributed by atoms with Gasteiger partial charge < -0.3 is 10.5 Å². The summed E-state index contributed by atoms with van der Waals surface area (Å²) in [6, 6.07) is 0. The Labute approximate surface area is 92.1 Å². The van der Waals surface area contributed by atoms with Gasteiger partial charge in [-0.2, -0.15) is 0 Å². The summed E-state index contributed by atoms with van der Waals surface area (Å²) in [7, 11) is -2.89. The van der Waals surface area contributed by atoms with Crippen molar-refractivity contribution in [3.8, 4) is 0 Å². The zero-order valence-corrected chi connectivity index (χ0v) is 10.3. The van der Waals surface area contributed by atoms with Crippen molar-refractivity contribution >= 4 is 9.84 Å². The predicted octanol–water partition coefficient (Wildman–Crippen LogP) is 0.565. The summed E-state index contributed by atoms with van der Waals surface area (Å²) in [5, 5.41) is 0. The van der Waals surface area contributed by atoms with Crippen LogP contribution >= 0.6 is 0 Å². The minimum Gasteiger partial charge on any atom is -0.378 e. The normalized spacial score (nSPS) is 32.1. The van der Waals surface area contributed by atoms with Crippen molar-refractivity contribution in [2.75, 3.05) is 24.7 Å². The van der Waals surface area contributed by atoms with Crippen LogP contribution in [0.2, 0.25) is 0 Å². The van der Waals surface area contributed by atoms with Crippen molar-refractivity contribution in [1.29, 1.82) is 0 Å². The lowest BCUT2D eigenvalue weighted by molar-refractivity contribution is 0.0658. The van der Waals surface area contributed by atoms with Crippen LogP contribution in [0, 0.1) is 5.41 Å². The third kappa shape index (κ3) is 2.92. The first-order chi connectivity index (χ1) is 6.96. The molecule has 5 heteroatoms. The van der Waals surface area contributed by atoms with Crippen LogP contribution in [0.5, 0.6) is 0 Å². The fraction of sp³-hybridized carbons (Fsp3) is 1.00. The maximum atomic E-state index is 11.4. The van der Waals surface area contributed by atoms with Crippen molar-refractivity contribution < 1.29 is 13.2 Å². The summed E-state index contributed by atoms with van der Waals surface area (Å²) in [4.78, 5) is 0. The first-order valence-corrected chi connectivity index (χ1v) is 7.30. The second kappa shape index (κ2) is 4.80. The van der Waals surface area contributed by atoms with Gasteiger partial charge in [0.15, 0.2) is 0 Å². The highest BCUT2D eigenvalue weighted by Crippen LogP contribution is 2.37. The first kappa shape index (κ1) is 12.9. The molecule has 1 saturated heterocycles. The molecule has 0 aromatic rings. The third-order valence-corrected chi connectivity index (χ3v) is 5.29. The number of ether oxygens (including phenoxy) is 1. The first-order valence-electron chi connectivity index (χ1n) is 5.48. The van der Waals surface area contributed by atoms with E-state index in [-0.39, 0.29) is 23.0 Å². The Kier molecular flexibility index (Phi) is 4.14. The monoisotopic (exact) mass is 235 g/mol. The van der Waals surface area contributed by atoms with Gasteiger partial charge in [0.25, 0.3) is 0 Å². The SMILES string of the molecule is CCS(=O)(=O)CCC1(CN)CCOC1C. The van der Waals surface area contributed by atoms with Gasteiger partial charge in [-0.25, -0.2) is 8.42 Å². The van der Waals surface area contributed by atoms with Crippen LogP contribution in [-0.2, 0) is 14.6 Å². The third-order valence-electron chi connectivity index (χ3n) is 3.59. The quantitative estimate of drug-likeness (QED) is 0.756. The predicted molar refractivity (Wildman–Crippen MR) is 60.5 cm³/mol. The lowest BCUT2D eigenvalue weighted by atomic mass is 9.79. The second-order valence-electron chi connectivity index (χ2n) is 4.32. The largest absolute Gasteiger partial charge is 0.378 e. The Morgan fingerprint density at radius 1 is 1.53 bits per heavy atom. The van der Waals surface area contributed by atoms with Crippen molar-refractivity contribution in [3.63, 3.8) is 0 Å². The summed E-state index contributed by atoms with van der Waals surface area (Å²) in [5.41, 5.74) is 5.63. The number of sulfone groups is 1. The molecule has 0 aromatic heterocycles. The topological polar surface area (TPSA) is 69.4 Å². The van der Waals surface area contributed by atoms with E-state index in [9.17, 15) is 8.42 Å². The number of hydrogen-bond donors (Lipinski definition) is 1. The van der Waals surface area contributed by atoms with E-state index in [0.717, 1.165) is 6.42 Å². The lowest BCUT2D eigenvalue weighted by Gasteiger charge is -2.30. The molecule has 2 N–H and O–H groups in total. The van der Waals surface area contributed by atoms with E-state index in [1.165, 1.54) is 0 Å². The zero-order valence-electron chi connectivity index (χ0n) is 9.53. The molecule has 0 saturated carbocycles. The molecule has 4 nitrogen and oxygen atoms in total. The molecule has 1 aliphatic rings. The molecule has 1 heterocycles. The summed E-state index contributed by atoms with van der Waals surface area (Å²) in [5.74, 6) is 0.442. The maximum absolute atomic E-state index is 11.4. The number of nitrogens with two attached hydrogens (primary N) is 1. The average Bonchev–Trinajstić information content (AvgIpc) is 2.58. The molecule has 0 bridgehead atoms. The van der Waals surface area contributed by atoms with E-state index in [0.29, 0.717) is 19.6 Å². The van der Waals surface area contributed by atoms with Crippen LogP contribution in [-0.4, -0.2) is 39.2 Å². The highest BCUT2D eigenvalue weighted by molar-refractivity contribution is 7.91. The molecular formula is C10H21NO3S. The Hall–Kier alpha value is -0.130. The minimum atomic E-state index is -2.89. The molecular weight excluding hydrogens is 214 g/mol. The molecule has 1 fully saturated rings. The highest BCUT2D eigenvalue weighted by Gasteiger charge is 2.40. The Morgan fingerprint density at radius 3 is 2.60 bits per heavy atom. The minimum absolute atomic E-state index is 0.0783. The van der Waals surface area contributed by atoms with Crippen molar-refractivity contribution in [2.24, 2.45) is 11.1 Å². The van der Waals surface area contributed by atoms with Crippen LogP contribution < -0.4 is 5.73 Å². The molecule has 0 amide bonds. The molecule has 0 spiro atoms. The summed E-state index contributed by atoms with van der Waals surface area (Å²) in [6.45, 7) is 4.87. The van der Waals surface area contributed by atoms with E-state index in [1.54, 1.807) is 6.92 Å². The molecule has 15 heavy (non-hydrogen) atoms. The van der Waals surface area contributed by atoms with E-state index < -0.39 is 9.84 Å². The van der Waals surface area contributed by atoms with E-state index in [1.807, 2.05) is 6.92 Å². The van der Waals surface area contributed by atoms with Crippen molar-refractivity contribution in [1.82, 2.24) is 0 Å². The molecule has 1 aliphatic heterocycles. The fourth-order valence-electron chi connectivity index (χ4n) is 2.02. The zero-order chi connectivity index (χ0) is 11.5. The molecule has 0 aliphatic carbocycles. The molecule has 1 rings (SSSR count). The van der Waals surface area contributed by atoms with E-state index >= 15 is 0 Å². The van der Waals surface area contributed by atoms with Crippen LogP contribution in [0.25, 0.3) is 0 Å². The van der Waals surface area contributed by atoms with Crippen LogP contribution in [0.15, 0.2) is 0 Å². The Balaban J connectivity index is 2.62. The van der Waals surface area contributed by atoms with Gasteiger partial charge in [-0.1, -0.05) is 6.92 Å². The van der Waals surface area contributed by atoms with Gasteiger partial charge in [0.2, 0.25) is 0 Å². The van der Waals surface area contributed by atoms with Crippen LogP contribution in [0.4, 0.5) is 0 Å². The average molecular weight is 235 g/mol. The Bertz CT molecular complexity index is 302. The Morgan fingerprint density at radius 2 is 2.20 bits per heavy atom. The van der Waals surface area contributed by atoms with E-state index in [4.69, 9.17) is 10.5 Å². The number of rotatable bonds is 5. The molecule has 90 valence electrons. The van der Waals surface area contributed by atoms with Gasteiger partial charge in [-0.05, 0) is 19.8 Å². The molecule has 0 radical (unpaired) electrons. The summed E-state index contributed by atoms with van der Waals surface area (Å²) >= 11 is 0. The van der Waals surface area contributed by atoms with Gasteiger partial charge in [-0.3, -0.25) is 0 Å². The molecule has 2 atom stereocenters. The van der Waals surface area contributed by atoms with Crippen molar-refractivity contribution in [3.05, 3.63) is 0 Å². The van der Waals surface area contributed by atoms with Crippen LogP contribution in [0.3, 0.4) is 0 Å². The molecule has 2 unspecified atom stereocenters. The summed E-state index contributed by atoms with van der Waals surface area (Å²) < 4.78 is 28.4. The van der Waals surface area contributed by atoms with Crippen LogP contribution in [0.1, 0.15) is 26.7 Å². The lowest BCUT2D eigenvalue weighted by Crippen LogP contribution is -2.38. The fourth-order valence-corrected chi connectivity index (χ4v) is 3.03. The number of hydrogen-bond acceptors (Lipinski definition) is 4.